The lowest BCUT2D eigenvalue weighted by molar-refractivity contribution is -0.113. The summed E-state index contributed by atoms with van der Waals surface area (Å²) in [7, 11) is 0. The second kappa shape index (κ2) is 6.87. The molecule has 0 saturated carbocycles. The van der Waals surface area contributed by atoms with Gasteiger partial charge in [-0.25, -0.2) is 0 Å². The highest BCUT2D eigenvalue weighted by molar-refractivity contribution is 7.99. The first-order valence-corrected chi connectivity index (χ1v) is 8.46. The van der Waals surface area contributed by atoms with Gasteiger partial charge in [0.15, 0.2) is 5.69 Å². The van der Waals surface area contributed by atoms with Gasteiger partial charge in [0.05, 0.1) is 5.75 Å². The van der Waals surface area contributed by atoms with Crippen molar-refractivity contribution in [1.82, 2.24) is 25.6 Å². The molecule has 0 fully saturated rings. The Kier molecular flexibility index (Phi) is 4.67. The molecule has 0 aliphatic rings. The summed E-state index contributed by atoms with van der Waals surface area (Å²) in [5.41, 5.74) is 0.465. The van der Waals surface area contributed by atoms with Crippen LogP contribution in [0.15, 0.2) is 20.2 Å². The molecule has 9 nitrogen and oxygen atoms in total. The summed E-state index contributed by atoms with van der Waals surface area (Å²) in [5, 5.41) is 23.6. The zero-order valence-corrected chi connectivity index (χ0v) is 13.9. The number of rotatable bonds is 6. The van der Waals surface area contributed by atoms with Gasteiger partial charge in [0.25, 0.3) is 11.1 Å². The molecule has 0 radical (unpaired) electrons. The molecular formula is C12H12N6O3S2. The first-order chi connectivity index (χ1) is 11.1. The topological polar surface area (TPSA) is 120 Å². The van der Waals surface area contributed by atoms with E-state index in [0.717, 1.165) is 23.2 Å². The summed E-state index contributed by atoms with van der Waals surface area (Å²) >= 11 is 2.48. The molecule has 0 spiro atoms. The smallest absolute Gasteiger partial charge is 0.277 e. The molecule has 1 amide bonds. The maximum absolute atomic E-state index is 11.9. The standard InChI is InChI=1S/C12H12N6O3S2/c1-3-9-14-16-11(23-9)13-8(19)5-22-12-17-15-10(20-12)7-4-6(2)21-18-7/h4H,3,5H2,1-2H3,(H,13,16,19). The van der Waals surface area contributed by atoms with E-state index in [-0.39, 0.29) is 22.8 Å². The first-order valence-electron chi connectivity index (χ1n) is 6.66. The molecule has 0 unspecified atom stereocenters. The van der Waals surface area contributed by atoms with Gasteiger partial charge in [-0.1, -0.05) is 35.2 Å². The van der Waals surface area contributed by atoms with E-state index in [1.54, 1.807) is 13.0 Å². The van der Waals surface area contributed by atoms with E-state index in [9.17, 15) is 4.79 Å². The van der Waals surface area contributed by atoms with Gasteiger partial charge in [-0.2, -0.15) is 0 Å². The van der Waals surface area contributed by atoms with Gasteiger partial charge in [-0.3, -0.25) is 10.1 Å². The number of anilines is 1. The molecule has 23 heavy (non-hydrogen) atoms. The van der Waals surface area contributed by atoms with Gasteiger partial charge in [0.2, 0.25) is 11.0 Å². The van der Waals surface area contributed by atoms with Gasteiger partial charge in [-0.05, 0) is 13.3 Å². The van der Waals surface area contributed by atoms with Crippen LogP contribution in [0.2, 0.25) is 0 Å². The maximum atomic E-state index is 11.9. The minimum atomic E-state index is -0.217. The van der Waals surface area contributed by atoms with E-state index in [4.69, 9.17) is 8.94 Å². The van der Waals surface area contributed by atoms with Crippen LogP contribution < -0.4 is 5.32 Å². The van der Waals surface area contributed by atoms with E-state index < -0.39 is 0 Å². The third-order valence-electron chi connectivity index (χ3n) is 2.60. The summed E-state index contributed by atoms with van der Waals surface area (Å²) in [6.07, 6.45) is 0.786. The minimum absolute atomic E-state index is 0.126. The van der Waals surface area contributed by atoms with Crippen molar-refractivity contribution in [2.24, 2.45) is 0 Å². The van der Waals surface area contributed by atoms with E-state index in [1.807, 2.05) is 6.92 Å². The Bertz CT molecular complexity index is 811. The summed E-state index contributed by atoms with van der Waals surface area (Å²) < 4.78 is 10.4. The number of thioether (sulfide) groups is 1. The largest absolute Gasteiger partial charge is 0.409 e. The Hall–Kier alpha value is -2.27. The van der Waals surface area contributed by atoms with Gasteiger partial charge in [0, 0.05) is 6.07 Å². The van der Waals surface area contributed by atoms with Crippen molar-refractivity contribution in [2.75, 3.05) is 11.1 Å². The molecule has 0 aromatic carbocycles. The fourth-order valence-electron chi connectivity index (χ4n) is 1.57. The van der Waals surface area contributed by atoms with Crippen molar-refractivity contribution in [1.29, 1.82) is 0 Å². The second-order valence-electron chi connectivity index (χ2n) is 4.39. The van der Waals surface area contributed by atoms with Crippen molar-refractivity contribution in [3.05, 3.63) is 16.8 Å². The summed E-state index contributed by atoms with van der Waals surface area (Å²) in [5.74, 6) is 0.808. The number of aryl methyl sites for hydroxylation is 2. The molecule has 0 saturated heterocycles. The number of hydrogen-bond acceptors (Lipinski definition) is 10. The number of aromatic nitrogens is 5. The Morgan fingerprint density at radius 2 is 2.22 bits per heavy atom. The SMILES string of the molecule is CCc1nnc(NC(=O)CSc2nnc(-c3cc(C)on3)o2)s1. The van der Waals surface area contributed by atoms with E-state index in [0.29, 0.717) is 16.6 Å². The highest BCUT2D eigenvalue weighted by Crippen LogP contribution is 2.23. The first kappa shape index (κ1) is 15.6. The molecule has 3 aromatic heterocycles. The molecule has 0 aliphatic heterocycles. The zero-order valence-electron chi connectivity index (χ0n) is 12.3. The highest BCUT2D eigenvalue weighted by Gasteiger charge is 2.14. The maximum Gasteiger partial charge on any atom is 0.277 e. The van der Waals surface area contributed by atoms with Crippen LogP contribution in [0.3, 0.4) is 0 Å². The molecule has 3 aromatic rings. The van der Waals surface area contributed by atoms with Crippen LogP contribution in [0, 0.1) is 6.92 Å². The molecule has 3 heterocycles. The van der Waals surface area contributed by atoms with Gasteiger partial charge in [0.1, 0.15) is 10.8 Å². The third-order valence-corrected chi connectivity index (χ3v) is 4.40. The zero-order chi connectivity index (χ0) is 16.2. The van der Waals surface area contributed by atoms with Crippen LogP contribution in [0.1, 0.15) is 17.7 Å². The number of carbonyl (C=O) groups is 1. The van der Waals surface area contributed by atoms with Crippen LogP contribution in [0.5, 0.6) is 0 Å². The normalized spacial score (nSPS) is 10.9. The molecular weight excluding hydrogens is 340 g/mol. The van der Waals surface area contributed by atoms with Gasteiger partial charge in [-0.15, -0.1) is 20.4 Å². The highest BCUT2D eigenvalue weighted by atomic mass is 32.2. The lowest BCUT2D eigenvalue weighted by atomic mass is 10.4. The summed E-state index contributed by atoms with van der Waals surface area (Å²) in [4.78, 5) is 11.9. The molecule has 0 bridgehead atoms. The fraction of sp³-hybridized carbons (Fsp3) is 0.333. The Labute approximate surface area is 138 Å². The second-order valence-corrected chi connectivity index (χ2v) is 6.38. The van der Waals surface area contributed by atoms with Crippen LogP contribution in [-0.2, 0) is 11.2 Å². The van der Waals surface area contributed by atoms with Crippen molar-refractivity contribution in [3.63, 3.8) is 0 Å². The molecule has 0 aliphatic carbocycles. The van der Waals surface area contributed by atoms with Crippen molar-refractivity contribution in [3.8, 4) is 11.6 Å². The predicted molar refractivity (Wildman–Crippen MR) is 83.2 cm³/mol. The number of hydrogen-bond donors (Lipinski definition) is 1. The molecule has 11 heteroatoms. The summed E-state index contributed by atoms with van der Waals surface area (Å²) in [6.45, 7) is 3.75. The van der Waals surface area contributed by atoms with E-state index in [1.165, 1.54) is 11.3 Å². The average Bonchev–Trinajstić information content (AvgIpc) is 3.25. The minimum Gasteiger partial charge on any atom is -0.409 e. The number of carbonyl (C=O) groups excluding carboxylic acids is 1. The lowest BCUT2D eigenvalue weighted by Gasteiger charge is -1.97. The third kappa shape index (κ3) is 3.93. The van der Waals surface area contributed by atoms with Crippen molar-refractivity contribution >= 4 is 34.1 Å². The molecule has 1 N–H and O–H groups in total. The molecule has 0 atom stereocenters. The summed E-state index contributed by atoms with van der Waals surface area (Å²) in [6, 6.07) is 1.69. The van der Waals surface area contributed by atoms with E-state index >= 15 is 0 Å². The Morgan fingerprint density at radius 3 is 2.91 bits per heavy atom. The van der Waals surface area contributed by atoms with E-state index in [2.05, 4.69) is 30.9 Å². The molecule has 3 rings (SSSR count). The quantitative estimate of drug-likeness (QED) is 0.665. The average molecular weight is 352 g/mol. The van der Waals surface area contributed by atoms with Crippen LogP contribution >= 0.6 is 23.1 Å². The Balaban J connectivity index is 1.54. The predicted octanol–water partition coefficient (Wildman–Crippen LogP) is 2.18. The molecule has 120 valence electrons. The monoisotopic (exact) mass is 352 g/mol. The number of nitrogens with one attached hydrogen (secondary N) is 1. The van der Waals surface area contributed by atoms with Crippen LogP contribution in [0.4, 0.5) is 5.13 Å². The van der Waals surface area contributed by atoms with Crippen molar-refractivity contribution in [2.45, 2.75) is 25.5 Å². The Morgan fingerprint density at radius 1 is 1.35 bits per heavy atom. The van der Waals surface area contributed by atoms with Gasteiger partial charge < -0.3 is 8.94 Å². The lowest BCUT2D eigenvalue weighted by Crippen LogP contribution is -2.13. The van der Waals surface area contributed by atoms with Crippen LogP contribution in [-0.4, -0.2) is 37.2 Å². The van der Waals surface area contributed by atoms with Gasteiger partial charge >= 0.3 is 0 Å². The van der Waals surface area contributed by atoms with Crippen LogP contribution in [0.25, 0.3) is 11.6 Å². The number of amides is 1. The fourth-order valence-corrected chi connectivity index (χ4v) is 2.83. The number of nitrogens with zero attached hydrogens (tertiary/aromatic N) is 5. The van der Waals surface area contributed by atoms with Crippen molar-refractivity contribution < 1.29 is 13.7 Å².